The molecule has 8 heteroatoms. The summed E-state index contributed by atoms with van der Waals surface area (Å²) in [7, 11) is 5.65. The number of benzene rings is 2. The maximum atomic E-state index is 11.6. The highest BCUT2D eigenvalue weighted by Crippen LogP contribution is 2.29. The first kappa shape index (κ1) is 28.5. The number of anilines is 1. The van der Waals surface area contributed by atoms with Crippen LogP contribution in [0, 0.1) is 0 Å². The van der Waals surface area contributed by atoms with Crippen molar-refractivity contribution in [3.05, 3.63) is 65.5 Å². The molecule has 4 rings (SSSR count). The Kier molecular flexibility index (Phi) is 9.90. The number of ether oxygens (including phenoxy) is 1. The van der Waals surface area contributed by atoms with Crippen LogP contribution in [-0.2, 0) is 35.5 Å². The fraction of sp³-hybridized carbons (Fsp3) is 0.452. The van der Waals surface area contributed by atoms with E-state index in [9.17, 15) is 4.79 Å². The number of hydrogen-bond donors (Lipinski definition) is 1. The zero-order valence-electron chi connectivity index (χ0n) is 23.8. The number of carbonyl (C=O) groups excluding carboxylic acids is 1. The first-order valence-electron chi connectivity index (χ1n) is 13.9. The SMILES string of the molecule is CCCCc1nc2c(N)nc3ccccc3c2n1CCCN(CCN(C)C)Cc1ccc(CC(=O)OC)cc1. The minimum absolute atomic E-state index is 0.217. The van der Waals surface area contributed by atoms with E-state index in [4.69, 9.17) is 15.5 Å². The highest BCUT2D eigenvalue weighted by Gasteiger charge is 2.17. The number of fused-ring (bicyclic) bond motifs is 3. The molecule has 0 unspecified atom stereocenters. The van der Waals surface area contributed by atoms with Gasteiger partial charge in [-0.05, 0) is 44.1 Å². The molecule has 0 spiro atoms. The summed E-state index contributed by atoms with van der Waals surface area (Å²) in [5.74, 6) is 1.38. The lowest BCUT2D eigenvalue weighted by molar-refractivity contribution is -0.139. The summed E-state index contributed by atoms with van der Waals surface area (Å²) >= 11 is 0. The van der Waals surface area contributed by atoms with Crippen molar-refractivity contribution in [2.45, 2.75) is 52.1 Å². The number of aryl methyl sites for hydroxylation is 2. The Balaban J connectivity index is 1.53. The topological polar surface area (TPSA) is 89.5 Å². The molecule has 0 aliphatic carbocycles. The summed E-state index contributed by atoms with van der Waals surface area (Å²) in [6.07, 6.45) is 4.44. The van der Waals surface area contributed by atoms with Crippen LogP contribution in [0.4, 0.5) is 5.82 Å². The largest absolute Gasteiger partial charge is 0.469 e. The molecule has 0 aliphatic rings. The number of nitrogen functional groups attached to an aromatic ring is 1. The van der Waals surface area contributed by atoms with Crippen molar-refractivity contribution in [3.63, 3.8) is 0 Å². The third-order valence-electron chi connectivity index (χ3n) is 7.17. The molecule has 2 N–H and O–H groups in total. The van der Waals surface area contributed by atoms with Gasteiger partial charge in [-0.3, -0.25) is 9.69 Å². The van der Waals surface area contributed by atoms with Gasteiger partial charge < -0.3 is 19.9 Å². The highest BCUT2D eigenvalue weighted by molar-refractivity contribution is 6.06. The second-order valence-electron chi connectivity index (χ2n) is 10.5. The molecule has 0 radical (unpaired) electrons. The van der Waals surface area contributed by atoms with Crippen molar-refractivity contribution in [3.8, 4) is 0 Å². The molecule has 2 aromatic carbocycles. The zero-order valence-corrected chi connectivity index (χ0v) is 23.8. The molecule has 2 aromatic heterocycles. The molecule has 8 nitrogen and oxygen atoms in total. The lowest BCUT2D eigenvalue weighted by Crippen LogP contribution is -2.32. The molecule has 0 saturated carbocycles. The van der Waals surface area contributed by atoms with Crippen molar-refractivity contribution in [2.75, 3.05) is 46.6 Å². The molecular weight excluding hydrogens is 488 g/mol. The number of nitrogens with two attached hydrogens (primary N) is 1. The second-order valence-corrected chi connectivity index (χ2v) is 10.5. The summed E-state index contributed by atoms with van der Waals surface area (Å²) in [6, 6.07) is 16.5. The van der Waals surface area contributed by atoms with Crippen molar-refractivity contribution < 1.29 is 9.53 Å². The summed E-state index contributed by atoms with van der Waals surface area (Å²) < 4.78 is 7.18. The molecule has 2 heterocycles. The lowest BCUT2D eigenvalue weighted by Gasteiger charge is -2.25. The predicted octanol–water partition coefficient (Wildman–Crippen LogP) is 4.68. The predicted molar refractivity (Wildman–Crippen MR) is 159 cm³/mol. The molecule has 0 aliphatic heterocycles. The summed E-state index contributed by atoms with van der Waals surface area (Å²) in [6.45, 7) is 6.87. The maximum Gasteiger partial charge on any atom is 0.309 e. The molecule has 0 bridgehead atoms. The number of nitrogens with zero attached hydrogens (tertiary/aromatic N) is 5. The smallest absolute Gasteiger partial charge is 0.309 e. The number of para-hydroxylation sites is 1. The fourth-order valence-electron chi connectivity index (χ4n) is 4.99. The molecule has 0 saturated heterocycles. The minimum Gasteiger partial charge on any atom is -0.469 e. The van der Waals surface area contributed by atoms with Gasteiger partial charge in [0, 0.05) is 44.5 Å². The molecule has 208 valence electrons. The molecule has 39 heavy (non-hydrogen) atoms. The number of likely N-dealkylation sites (N-methyl/N-ethyl adjacent to an activating group) is 1. The van der Waals surface area contributed by atoms with Gasteiger partial charge in [-0.2, -0.15) is 0 Å². The minimum atomic E-state index is -0.217. The van der Waals surface area contributed by atoms with Crippen molar-refractivity contribution in [2.24, 2.45) is 0 Å². The van der Waals surface area contributed by atoms with Gasteiger partial charge in [0.25, 0.3) is 0 Å². The Hall–Kier alpha value is -3.49. The Morgan fingerprint density at radius 1 is 0.974 bits per heavy atom. The van der Waals surface area contributed by atoms with E-state index in [-0.39, 0.29) is 5.97 Å². The summed E-state index contributed by atoms with van der Waals surface area (Å²) in [4.78, 5) is 25.9. The molecular formula is C31H42N6O2. The molecule has 0 fully saturated rings. The molecule has 0 amide bonds. The Bertz CT molecular complexity index is 1380. The Labute approximate surface area is 231 Å². The average Bonchev–Trinajstić information content (AvgIpc) is 3.30. The number of pyridine rings is 1. The van der Waals surface area contributed by atoms with E-state index in [0.717, 1.165) is 91.7 Å². The van der Waals surface area contributed by atoms with Gasteiger partial charge in [-0.15, -0.1) is 0 Å². The van der Waals surface area contributed by atoms with Crippen LogP contribution in [-0.4, -0.2) is 71.1 Å². The van der Waals surface area contributed by atoms with Crippen LogP contribution in [0.1, 0.15) is 43.1 Å². The number of aromatic nitrogens is 3. The number of rotatable bonds is 14. The van der Waals surface area contributed by atoms with E-state index in [2.05, 4.69) is 64.6 Å². The van der Waals surface area contributed by atoms with Crippen LogP contribution in [0.2, 0.25) is 0 Å². The first-order chi connectivity index (χ1) is 18.9. The maximum absolute atomic E-state index is 11.6. The van der Waals surface area contributed by atoms with Crippen LogP contribution >= 0.6 is 0 Å². The van der Waals surface area contributed by atoms with Gasteiger partial charge in [-0.25, -0.2) is 9.97 Å². The quantitative estimate of drug-likeness (QED) is 0.237. The average molecular weight is 531 g/mol. The summed E-state index contributed by atoms with van der Waals surface area (Å²) in [5, 5.41) is 1.11. The van der Waals surface area contributed by atoms with Gasteiger partial charge in [0.1, 0.15) is 11.3 Å². The number of methoxy groups -OCH3 is 1. The van der Waals surface area contributed by atoms with E-state index in [1.165, 1.54) is 12.7 Å². The van der Waals surface area contributed by atoms with Gasteiger partial charge in [-0.1, -0.05) is 55.8 Å². The van der Waals surface area contributed by atoms with E-state index in [1.807, 2.05) is 24.3 Å². The normalized spacial score (nSPS) is 11.7. The van der Waals surface area contributed by atoms with Crippen LogP contribution in [0.15, 0.2) is 48.5 Å². The zero-order chi connectivity index (χ0) is 27.8. The highest BCUT2D eigenvalue weighted by atomic mass is 16.5. The van der Waals surface area contributed by atoms with Gasteiger partial charge >= 0.3 is 5.97 Å². The fourth-order valence-corrected chi connectivity index (χ4v) is 4.99. The molecule has 4 aromatic rings. The number of imidazole rings is 1. The lowest BCUT2D eigenvalue weighted by atomic mass is 10.1. The van der Waals surface area contributed by atoms with Crippen molar-refractivity contribution >= 4 is 33.7 Å². The van der Waals surface area contributed by atoms with E-state index >= 15 is 0 Å². The van der Waals surface area contributed by atoms with Crippen LogP contribution < -0.4 is 5.73 Å². The Morgan fingerprint density at radius 3 is 2.44 bits per heavy atom. The standard InChI is InChI=1S/C31H42N6O2/c1-5-6-12-27-34-29-30(25-10-7-8-11-26(25)33-31(29)32)37(27)18-9-17-36(20-19-35(2)3)22-24-15-13-23(14-16-24)21-28(38)39-4/h7-8,10-11,13-16H,5-6,9,12,17-22H2,1-4H3,(H2,32,33). The number of esters is 1. The number of carbonyl (C=O) groups is 1. The molecule has 0 atom stereocenters. The van der Waals surface area contributed by atoms with E-state index in [0.29, 0.717) is 12.2 Å². The van der Waals surface area contributed by atoms with E-state index < -0.39 is 0 Å². The van der Waals surface area contributed by atoms with Gasteiger partial charge in [0.05, 0.1) is 24.6 Å². The van der Waals surface area contributed by atoms with Crippen molar-refractivity contribution in [1.82, 2.24) is 24.3 Å². The monoisotopic (exact) mass is 530 g/mol. The number of unbranched alkanes of at least 4 members (excludes halogenated alkanes) is 1. The van der Waals surface area contributed by atoms with Crippen LogP contribution in [0.25, 0.3) is 21.9 Å². The third-order valence-corrected chi connectivity index (χ3v) is 7.17. The van der Waals surface area contributed by atoms with Gasteiger partial charge in [0.15, 0.2) is 5.82 Å². The van der Waals surface area contributed by atoms with Crippen LogP contribution in [0.5, 0.6) is 0 Å². The Morgan fingerprint density at radius 2 is 1.72 bits per heavy atom. The second kappa shape index (κ2) is 13.5. The third kappa shape index (κ3) is 7.34. The van der Waals surface area contributed by atoms with E-state index in [1.54, 1.807) is 0 Å². The summed E-state index contributed by atoms with van der Waals surface area (Å²) in [5.41, 5.74) is 11.4. The first-order valence-corrected chi connectivity index (χ1v) is 13.9. The van der Waals surface area contributed by atoms with Crippen molar-refractivity contribution in [1.29, 1.82) is 0 Å². The number of hydrogen-bond acceptors (Lipinski definition) is 7. The van der Waals surface area contributed by atoms with Gasteiger partial charge in [0.2, 0.25) is 0 Å². The van der Waals surface area contributed by atoms with Crippen LogP contribution in [0.3, 0.4) is 0 Å².